The molecular weight excluding hydrogens is 608 g/mol. The summed E-state index contributed by atoms with van der Waals surface area (Å²) >= 11 is 0. The molecule has 0 radical (unpaired) electrons. The Hall–Kier alpha value is -4.12. The van der Waals surface area contributed by atoms with Gasteiger partial charge in [-0.15, -0.1) is 13.2 Å². The minimum atomic E-state index is -5.10. The number of alkyl halides is 6. The van der Waals surface area contributed by atoms with Crippen LogP contribution >= 0.6 is 0 Å². The zero-order valence-electron chi connectivity index (χ0n) is 22.2. The Bertz CT molecular complexity index is 1550. The van der Waals surface area contributed by atoms with Crippen LogP contribution in [0.2, 0.25) is 0 Å². The molecule has 0 spiro atoms. The maximum absolute atomic E-state index is 13.5. The molecule has 2 heterocycles. The first-order chi connectivity index (χ1) is 20.2. The number of benzene rings is 2. The minimum Gasteiger partial charge on any atom is -0.404 e. The van der Waals surface area contributed by atoms with E-state index in [2.05, 4.69) is 20.5 Å². The van der Waals surface area contributed by atoms with Crippen LogP contribution in [0.3, 0.4) is 0 Å². The molecule has 0 aliphatic carbocycles. The molecule has 2 amide bonds. The number of para-hydroxylation sites is 2. The number of nitrogens with zero attached hydrogens (tertiary/aromatic N) is 3. The molecule has 1 saturated heterocycles. The summed E-state index contributed by atoms with van der Waals surface area (Å²) in [6.07, 6.45) is -8.90. The number of piperidine rings is 1. The van der Waals surface area contributed by atoms with Crippen molar-refractivity contribution < 1.29 is 49.1 Å². The number of nitrogens with one attached hydrogen (secondary N) is 2. The molecule has 10 nitrogen and oxygen atoms in total. The molecule has 43 heavy (non-hydrogen) atoms. The molecule has 1 aliphatic heterocycles. The largest absolute Gasteiger partial charge is 0.573 e. The van der Waals surface area contributed by atoms with E-state index in [9.17, 15) is 44.3 Å². The van der Waals surface area contributed by atoms with Gasteiger partial charge in [0.05, 0.1) is 11.3 Å². The van der Waals surface area contributed by atoms with Crippen molar-refractivity contribution in [2.75, 3.05) is 26.2 Å². The number of hydrogen-bond acceptors (Lipinski definition) is 6. The second kappa shape index (κ2) is 12.6. The molecule has 4 rings (SSSR count). The van der Waals surface area contributed by atoms with Crippen LogP contribution in [-0.4, -0.2) is 66.9 Å². The Balaban J connectivity index is 1.29. The second-order valence-corrected chi connectivity index (χ2v) is 11.3. The van der Waals surface area contributed by atoms with Gasteiger partial charge in [-0.05, 0) is 37.1 Å². The minimum absolute atomic E-state index is 0.0628. The fourth-order valence-corrected chi connectivity index (χ4v) is 6.02. The number of carbonyl (C=O) groups is 2. The molecule has 0 unspecified atom stereocenters. The number of halogens is 6. The highest BCUT2D eigenvalue weighted by molar-refractivity contribution is 7.89. The van der Waals surface area contributed by atoms with Gasteiger partial charge in [0.15, 0.2) is 5.69 Å². The van der Waals surface area contributed by atoms with Gasteiger partial charge in [-0.1, -0.05) is 30.3 Å². The molecular formula is C26H25F6N5O5S. The summed E-state index contributed by atoms with van der Waals surface area (Å²) in [6.45, 7) is -0.632. The van der Waals surface area contributed by atoms with Crippen LogP contribution in [0.15, 0.2) is 65.7 Å². The van der Waals surface area contributed by atoms with Gasteiger partial charge in [0.1, 0.15) is 10.6 Å². The topological polar surface area (TPSA) is 123 Å². The lowest BCUT2D eigenvalue weighted by Crippen LogP contribution is -2.44. The van der Waals surface area contributed by atoms with E-state index in [0.717, 1.165) is 27.3 Å². The summed E-state index contributed by atoms with van der Waals surface area (Å²) in [4.78, 5) is 24.5. The number of carbonyl (C=O) groups excluding carboxylic acids is 2. The van der Waals surface area contributed by atoms with Gasteiger partial charge in [-0.3, -0.25) is 9.59 Å². The van der Waals surface area contributed by atoms with Gasteiger partial charge < -0.3 is 15.4 Å². The van der Waals surface area contributed by atoms with Gasteiger partial charge >= 0.3 is 12.5 Å². The summed E-state index contributed by atoms with van der Waals surface area (Å²) in [5.74, 6) is -3.02. The Labute approximate surface area is 241 Å². The van der Waals surface area contributed by atoms with Crippen LogP contribution in [-0.2, 0) is 21.0 Å². The lowest BCUT2D eigenvalue weighted by molar-refractivity contribution is -0.275. The maximum atomic E-state index is 13.5. The summed E-state index contributed by atoms with van der Waals surface area (Å²) in [7, 11) is -4.36. The highest BCUT2D eigenvalue weighted by atomic mass is 32.2. The Morgan fingerprint density at radius 3 is 2.14 bits per heavy atom. The maximum Gasteiger partial charge on any atom is 0.573 e. The van der Waals surface area contributed by atoms with Crippen molar-refractivity contribution in [1.29, 1.82) is 0 Å². The van der Waals surface area contributed by atoms with Gasteiger partial charge in [-0.2, -0.15) is 22.6 Å². The van der Waals surface area contributed by atoms with Crippen molar-refractivity contribution in [2.24, 2.45) is 5.92 Å². The number of sulfonamides is 1. The zero-order chi connectivity index (χ0) is 31.4. The van der Waals surface area contributed by atoms with Gasteiger partial charge in [0, 0.05) is 38.3 Å². The van der Waals surface area contributed by atoms with Crippen molar-refractivity contribution in [2.45, 2.75) is 30.3 Å². The lowest BCUT2D eigenvalue weighted by Gasteiger charge is -2.31. The predicted octanol–water partition coefficient (Wildman–Crippen LogP) is 3.74. The fourth-order valence-electron chi connectivity index (χ4n) is 4.43. The smallest absolute Gasteiger partial charge is 0.404 e. The number of hydrogen-bond donors (Lipinski definition) is 2. The Morgan fingerprint density at radius 1 is 0.907 bits per heavy atom. The summed E-state index contributed by atoms with van der Waals surface area (Å²) in [5, 5.41) is 8.37. The first kappa shape index (κ1) is 31.8. The molecule has 17 heteroatoms. The van der Waals surface area contributed by atoms with Crippen LogP contribution in [0, 0.1) is 5.92 Å². The van der Waals surface area contributed by atoms with Crippen molar-refractivity contribution in [3.8, 4) is 11.4 Å². The molecule has 0 bridgehead atoms. The van der Waals surface area contributed by atoms with Gasteiger partial charge in [0.25, 0.3) is 5.91 Å². The normalized spacial score (nSPS) is 15.2. The van der Waals surface area contributed by atoms with Crippen molar-refractivity contribution in [1.82, 2.24) is 24.7 Å². The third-order valence-electron chi connectivity index (χ3n) is 6.48. The number of amides is 2. The van der Waals surface area contributed by atoms with E-state index in [1.54, 1.807) is 18.2 Å². The Kier molecular flexibility index (Phi) is 9.34. The average molecular weight is 634 g/mol. The van der Waals surface area contributed by atoms with E-state index >= 15 is 0 Å². The van der Waals surface area contributed by atoms with E-state index in [0.29, 0.717) is 5.69 Å². The zero-order valence-corrected chi connectivity index (χ0v) is 23.0. The highest BCUT2D eigenvalue weighted by Gasteiger charge is 2.40. The third kappa shape index (κ3) is 7.84. The molecule has 1 aromatic heterocycles. The van der Waals surface area contributed by atoms with Crippen LogP contribution in [0.5, 0.6) is 5.75 Å². The predicted molar refractivity (Wildman–Crippen MR) is 139 cm³/mol. The molecule has 232 valence electrons. The second-order valence-electron chi connectivity index (χ2n) is 9.39. The van der Waals surface area contributed by atoms with Gasteiger partial charge in [0.2, 0.25) is 15.9 Å². The van der Waals surface area contributed by atoms with Crippen LogP contribution in [0.1, 0.15) is 28.9 Å². The third-order valence-corrected chi connectivity index (χ3v) is 8.41. The summed E-state index contributed by atoms with van der Waals surface area (Å²) < 4.78 is 110. The van der Waals surface area contributed by atoms with Gasteiger partial charge in [-0.25, -0.2) is 13.1 Å². The summed E-state index contributed by atoms with van der Waals surface area (Å²) in [6, 6.07) is 12.2. The van der Waals surface area contributed by atoms with E-state index in [1.165, 1.54) is 24.3 Å². The summed E-state index contributed by atoms with van der Waals surface area (Å²) in [5.41, 5.74) is -1.75. The monoisotopic (exact) mass is 633 g/mol. The molecule has 3 aromatic rings. The van der Waals surface area contributed by atoms with E-state index in [-0.39, 0.29) is 39.0 Å². The van der Waals surface area contributed by atoms with Crippen LogP contribution in [0.4, 0.5) is 26.3 Å². The van der Waals surface area contributed by atoms with Crippen LogP contribution in [0.25, 0.3) is 5.69 Å². The van der Waals surface area contributed by atoms with Crippen molar-refractivity contribution >= 4 is 21.8 Å². The lowest BCUT2D eigenvalue weighted by atomic mass is 9.97. The first-order valence-electron chi connectivity index (χ1n) is 12.8. The quantitative estimate of drug-likeness (QED) is 0.274. The molecule has 2 aromatic carbocycles. The van der Waals surface area contributed by atoms with Crippen LogP contribution < -0.4 is 15.4 Å². The molecule has 1 fully saturated rings. The average Bonchev–Trinajstić information content (AvgIpc) is 3.42. The molecule has 0 atom stereocenters. The standard InChI is InChI=1S/C26H25F6N5O5S/c27-25(28,29)22-19(16-37(35-22)18-6-2-1-3-7-18)24(39)34-13-12-33-23(38)17-10-14-36(15-11-17)43(40,41)21-9-5-4-8-20(21)42-26(30,31)32/h1-9,16-17H,10-15H2,(H,33,38)(H,34,39). The van der Waals surface area contributed by atoms with E-state index < -0.39 is 62.2 Å². The van der Waals surface area contributed by atoms with Crippen molar-refractivity contribution in [3.63, 3.8) is 0 Å². The number of ether oxygens (including phenoxy) is 1. The number of aromatic nitrogens is 2. The molecule has 1 aliphatic rings. The SMILES string of the molecule is O=C(NCCNC(=O)C1CCN(S(=O)(=O)c2ccccc2OC(F)(F)F)CC1)c1cn(-c2ccccc2)nc1C(F)(F)F. The van der Waals surface area contributed by atoms with E-state index in [1.807, 2.05) is 0 Å². The van der Waals surface area contributed by atoms with Crippen molar-refractivity contribution in [3.05, 3.63) is 72.1 Å². The molecule has 2 N–H and O–H groups in total. The fraction of sp³-hybridized carbons (Fsp3) is 0.346. The first-order valence-corrected chi connectivity index (χ1v) is 14.2. The Morgan fingerprint density at radius 2 is 1.51 bits per heavy atom. The highest BCUT2D eigenvalue weighted by Crippen LogP contribution is 2.33. The molecule has 0 saturated carbocycles. The van der Waals surface area contributed by atoms with E-state index in [4.69, 9.17) is 0 Å². The number of rotatable bonds is 9.